The van der Waals surface area contributed by atoms with Crippen molar-refractivity contribution < 1.29 is 8.42 Å². The fourth-order valence-corrected chi connectivity index (χ4v) is 4.90. The van der Waals surface area contributed by atoms with E-state index in [0.29, 0.717) is 18.9 Å². The van der Waals surface area contributed by atoms with Gasteiger partial charge in [-0.3, -0.25) is 0 Å². The van der Waals surface area contributed by atoms with Crippen LogP contribution in [0.25, 0.3) is 0 Å². The minimum atomic E-state index is -2.92. The highest BCUT2D eigenvalue weighted by molar-refractivity contribution is 7.91. The van der Waals surface area contributed by atoms with Crippen LogP contribution in [0, 0.1) is 0 Å². The van der Waals surface area contributed by atoms with Crippen LogP contribution in [0.15, 0.2) is 36.5 Å². The largest absolute Gasteiger partial charge is 0.355 e. The van der Waals surface area contributed by atoms with Crippen molar-refractivity contribution in [3.63, 3.8) is 0 Å². The fraction of sp³-hybridized carbons (Fsp3) is 0.412. The zero-order valence-corrected chi connectivity index (χ0v) is 15.6. The summed E-state index contributed by atoms with van der Waals surface area (Å²) in [4.78, 5) is 10.7. The van der Waals surface area contributed by atoms with Crippen LogP contribution in [0.5, 0.6) is 0 Å². The third kappa shape index (κ3) is 4.83. The smallest absolute Gasteiger partial charge is 0.224 e. The van der Waals surface area contributed by atoms with Gasteiger partial charge < -0.3 is 10.2 Å². The molecule has 1 N–H and O–H groups in total. The minimum absolute atomic E-state index is 0.0285. The molecule has 8 heteroatoms. The molecule has 134 valence electrons. The van der Waals surface area contributed by atoms with E-state index in [1.807, 2.05) is 36.2 Å². The number of benzene rings is 1. The Kier molecular flexibility index (Phi) is 5.44. The SMILES string of the molecule is CN(c1ccnc(NCCc2cccc(Cl)c2)n1)C1CCS(=O)(=O)C1. The molecule has 0 radical (unpaired) electrons. The summed E-state index contributed by atoms with van der Waals surface area (Å²) >= 11 is 5.99. The molecule has 1 saturated heterocycles. The average molecular weight is 381 g/mol. The van der Waals surface area contributed by atoms with Gasteiger partial charge in [0, 0.05) is 30.9 Å². The van der Waals surface area contributed by atoms with Gasteiger partial charge >= 0.3 is 0 Å². The highest BCUT2D eigenvalue weighted by atomic mass is 35.5. The third-order valence-electron chi connectivity index (χ3n) is 4.34. The van der Waals surface area contributed by atoms with E-state index in [4.69, 9.17) is 11.6 Å². The van der Waals surface area contributed by atoms with Crippen molar-refractivity contribution in [3.05, 3.63) is 47.1 Å². The number of hydrogen-bond donors (Lipinski definition) is 1. The molecule has 2 heterocycles. The van der Waals surface area contributed by atoms with Crippen molar-refractivity contribution in [2.24, 2.45) is 0 Å². The van der Waals surface area contributed by atoms with Crippen LogP contribution in [0.4, 0.5) is 11.8 Å². The maximum absolute atomic E-state index is 11.7. The molecule has 0 spiro atoms. The molecule has 1 aliphatic heterocycles. The van der Waals surface area contributed by atoms with Crippen LogP contribution in [-0.2, 0) is 16.3 Å². The molecule has 1 fully saturated rings. The Balaban J connectivity index is 1.59. The summed E-state index contributed by atoms with van der Waals surface area (Å²) in [7, 11) is -1.04. The van der Waals surface area contributed by atoms with Gasteiger partial charge in [0.05, 0.1) is 11.5 Å². The van der Waals surface area contributed by atoms with E-state index in [2.05, 4.69) is 15.3 Å². The van der Waals surface area contributed by atoms with Gasteiger partial charge in [0.15, 0.2) is 9.84 Å². The van der Waals surface area contributed by atoms with Crippen LogP contribution in [0.3, 0.4) is 0 Å². The first kappa shape index (κ1) is 17.9. The highest BCUT2D eigenvalue weighted by Crippen LogP contribution is 2.21. The number of sulfone groups is 1. The number of anilines is 2. The lowest BCUT2D eigenvalue weighted by molar-refractivity contribution is 0.600. The summed E-state index contributed by atoms with van der Waals surface area (Å²) in [5.74, 6) is 1.69. The second-order valence-corrected chi connectivity index (χ2v) is 8.88. The standard InChI is InChI=1S/C17H21ClN4O2S/c1-22(15-7-10-25(23,24)12-15)16-6-9-20-17(21-16)19-8-5-13-3-2-4-14(18)11-13/h2-4,6,9,11,15H,5,7-8,10,12H2,1H3,(H,19,20,21). The van der Waals surface area contributed by atoms with E-state index in [1.54, 1.807) is 12.3 Å². The number of nitrogens with zero attached hydrogens (tertiary/aromatic N) is 3. The van der Waals surface area contributed by atoms with E-state index in [0.717, 1.165) is 22.8 Å². The third-order valence-corrected chi connectivity index (χ3v) is 6.33. The summed E-state index contributed by atoms with van der Waals surface area (Å²) in [5.41, 5.74) is 1.14. The maximum Gasteiger partial charge on any atom is 0.224 e. The molecule has 1 atom stereocenters. The molecule has 1 aromatic heterocycles. The summed E-state index contributed by atoms with van der Waals surface area (Å²) in [5, 5.41) is 3.93. The predicted octanol–water partition coefficient (Wildman–Crippen LogP) is 2.41. The molecule has 0 aliphatic carbocycles. The van der Waals surface area contributed by atoms with Crippen molar-refractivity contribution in [2.75, 3.05) is 35.3 Å². The summed E-state index contributed by atoms with van der Waals surface area (Å²) in [6.07, 6.45) is 3.13. The molecule has 2 aromatic rings. The second kappa shape index (κ2) is 7.58. The highest BCUT2D eigenvalue weighted by Gasteiger charge is 2.31. The Morgan fingerprint density at radius 3 is 2.92 bits per heavy atom. The molecule has 1 unspecified atom stereocenters. The number of halogens is 1. The minimum Gasteiger partial charge on any atom is -0.355 e. The Labute approximate surface area is 153 Å². The topological polar surface area (TPSA) is 75.2 Å². The second-order valence-electron chi connectivity index (χ2n) is 6.21. The summed E-state index contributed by atoms with van der Waals surface area (Å²) in [6.45, 7) is 0.686. The van der Waals surface area contributed by atoms with Gasteiger partial charge in [-0.1, -0.05) is 23.7 Å². The lowest BCUT2D eigenvalue weighted by Crippen LogP contribution is -2.33. The average Bonchev–Trinajstić information content (AvgIpc) is 2.94. The van der Waals surface area contributed by atoms with Gasteiger partial charge in [0.2, 0.25) is 5.95 Å². The van der Waals surface area contributed by atoms with E-state index < -0.39 is 9.84 Å². The number of aromatic nitrogens is 2. The van der Waals surface area contributed by atoms with Crippen molar-refractivity contribution >= 4 is 33.2 Å². The van der Waals surface area contributed by atoms with E-state index in [9.17, 15) is 8.42 Å². The van der Waals surface area contributed by atoms with Crippen LogP contribution >= 0.6 is 11.6 Å². The molecule has 3 rings (SSSR count). The molecule has 0 saturated carbocycles. The number of rotatable bonds is 6. The van der Waals surface area contributed by atoms with Crippen LogP contribution < -0.4 is 10.2 Å². The zero-order chi connectivity index (χ0) is 17.9. The maximum atomic E-state index is 11.7. The molecule has 0 amide bonds. The van der Waals surface area contributed by atoms with Gasteiger partial charge in [0.1, 0.15) is 5.82 Å². The van der Waals surface area contributed by atoms with Crippen molar-refractivity contribution in [2.45, 2.75) is 18.9 Å². The van der Waals surface area contributed by atoms with Gasteiger partial charge in [-0.2, -0.15) is 4.98 Å². The van der Waals surface area contributed by atoms with E-state index >= 15 is 0 Å². The first-order valence-electron chi connectivity index (χ1n) is 8.17. The quantitative estimate of drug-likeness (QED) is 0.829. The van der Waals surface area contributed by atoms with E-state index in [1.165, 1.54) is 0 Å². The van der Waals surface area contributed by atoms with Crippen LogP contribution in [-0.4, -0.2) is 49.5 Å². The molecular weight excluding hydrogens is 360 g/mol. The molecule has 1 aromatic carbocycles. The number of nitrogens with one attached hydrogen (secondary N) is 1. The first-order valence-corrected chi connectivity index (χ1v) is 10.4. The Morgan fingerprint density at radius 2 is 2.20 bits per heavy atom. The Bertz CT molecular complexity index is 844. The number of hydrogen-bond acceptors (Lipinski definition) is 6. The molecule has 1 aliphatic rings. The van der Waals surface area contributed by atoms with Crippen LogP contribution in [0.2, 0.25) is 5.02 Å². The first-order chi connectivity index (χ1) is 11.9. The summed E-state index contributed by atoms with van der Waals surface area (Å²) in [6, 6.07) is 9.52. The van der Waals surface area contributed by atoms with Gasteiger partial charge in [0.25, 0.3) is 0 Å². The van der Waals surface area contributed by atoms with Gasteiger partial charge in [-0.05, 0) is 36.6 Å². The van der Waals surface area contributed by atoms with Crippen molar-refractivity contribution in [3.8, 4) is 0 Å². The predicted molar refractivity (Wildman–Crippen MR) is 101 cm³/mol. The molecular formula is C17H21ClN4O2S. The summed E-state index contributed by atoms with van der Waals surface area (Å²) < 4.78 is 23.3. The van der Waals surface area contributed by atoms with E-state index in [-0.39, 0.29) is 17.5 Å². The fourth-order valence-electron chi connectivity index (χ4n) is 2.91. The Hall–Kier alpha value is -1.86. The van der Waals surface area contributed by atoms with Gasteiger partial charge in [-0.25, -0.2) is 13.4 Å². The molecule has 25 heavy (non-hydrogen) atoms. The van der Waals surface area contributed by atoms with Gasteiger partial charge in [-0.15, -0.1) is 0 Å². The normalized spacial score (nSPS) is 18.9. The molecule has 0 bridgehead atoms. The lowest BCUT2D eigenvalue weighted by atomic mass is 10.1. The molecule has 6 nitrogen and oxygen atoms in total. The van der Waals surface area contributed by atoms with Crippen molar-refractivity contribution in [1.29, 1.82) is 0 Å². The Morgan fingerprint density at radius 1 is 1.36 bits per heavy atom. The lowest BCUT2D eigenvalue weighted by Gasteiger charge is -2.24. The van der Waals surface area contributed by atoms with Crippen molar-refractivity contribution in [1.82, 2.24) is 9.97 Å². The van der Waals surface area contributed by atoms with Crippen LogP contribution in [0.1, 0.15) is 12.0 Å². The zero-order valence-electron chi connectivity index (χ0n) is 14.0. The monoisotopic (exact) mass is 380 g/mol.